The lowest BCUT2D eigenvalue weighted by atomic mass is 9.81. The van der Waals surface area contributed by atoms with Gasteiger partial charge in [-0.3, -0.25) is 19.0 Å². The third-order valence-corrected chi connectivity index (χ3v) is 16.7. The first-order valence-electron chi connectivity index (χ1n) is 24.2. The molecule has 2 aliphatic rings. The van der Waals surface area contributed by atoms with Crippen LogP contribution in [0.15, 0.2) is 54.6 Å². The molecular weight excluding hydrogens is 1250 g/mol. The quantitative estimate of drug-likeness (QED) is 0.0174. The highest BCUT2D eigenvalue weighted by Gasteiger charge is 2.61. The number of pyridine rings is 1. The molecule has 0 saturated heterocycles. The third kappa shape index (κ3) is 14.8. The number of anilines is 1. The van der Waals surface area contributed by atoms with Gasteiger partial charge in [-0.25, -0.2) is 49.3 Å². The van der Waals surface area contributed by atoms with Crippen LogP contribution in [0.3, 0.4) is 0 Å². The Morgan fingerprint density at radius 2 is 1.58 bits per heavy atom. The van der Waals surface area contributed by atoms with E-state index >= 15 is 8.78 Å². The highest BCUT2D eigenvalue weighted by atomic mass is 35.5. The summed E-state index contributed by atoms with van der Waals surface area (Å²) in [5.74, 6) is -8.83. The summed E-state index contributed by atoms with van der Waals surface area (Å²) >= 11 is 6.69. The summed E-state index contributed by atoms with van der Waals surface area (Å²) < 4.78 is 220. The third-order valence-electron chi connectivity index (χ3n) is 13.0. The summed E-state index contributed by atoms with van der Waals surface area (Å²) in [7, 11) is -14.3. The Morgan fingerprint density at radius 1 is 0.929 bits per heavy atom. The van der Waals surface area contributed by atoms with Gasteiger partial charge in [-0.2, -0.15) is 49.6 Å². The first-order chi connectivity index (χ1) is 39.1. The monoisotopic (exact) mass is 1290 g/mol. The lowest BCUT2D eigenvalue weighted by Gasteiger charge is -2.28. The molecule has 2 aromatic carbocycles. The molecule has 7 rings (SSSR count). The normalized spacial score (nSPS) is 16.2. The Bertz CT molecular complexity index is 3880. The molecule has 0 unspecified atom stereocenters. The number of alkyl carbamates (subject to hydrolysis) is 1. The Morgan fingerprint density at radius 3 is 2.14 bits per heavy atom. The fourth-order valence-corrected chi connectivity index (χ4v) is 10.4. The molecule has 0 bridgehead atoms. The van der Waals surface area contributed by atoms with Crippen molar-refractivity contribution in [1.82, 2.24) is 40.1 Å². The number of ether oxygens (including phenoxy) is 1. The zero-order valence-corrected chi connectivity index (χ0v) is 47.3. The number of carboxylic acids is 1. The van der Waals surface area contributed by atoms with Crippen LogP contribution in [-0.4, -0.2) is 135 Å². The first kappa shape index (κ1) is 65.2. The van der Waals surface area contributed by atoms with Crippen molar-refractivity contribution in [2.24, 2.45) is 5.92 Å². The lowest BCUT2D eigenvalue weighted by Crippen LogP contribution is -2.49. The van der Waals surface area contributed by atoms with Crippen molar-refractivity contribution >= 4 is 80.0 Å². The second kappa shape index (κ2) is 23.8. The number of carbonyl (C=O) groups excluding carboxylic acids is 3. The zero-order valence-electron chi connectivity index (χ0n) is 44.0. The Kier molecular flexibility index (Phi) is 18.3. The van der Waals surface area contributed by atoms with Crippen molar-refractivity contribution in [3.05, 3.63) is 105 Å². The van der Waals surface area contributed by atoms with Crippen molar-refractivity contribution in [2.45, 2.75) is 74.8 Å². The van der Waals surface area contributed by atoms with E-state index in [1.54, 1.807) is 0 Å². The predicted molar refractivity (Wildman–Crippen MR) is 276 cm³/mol. The van der Waals surface area contributed by atoms with Crippen LogP contribution < -0.4 is 14.9 Å². The van der Waals surface area contributed by atoms with Crippen molar-refractivity contribution in [2.75, 3.05) is 43.2 Å². The number of rotatable bonds is 20. The summed E-state index contributed by atoms with van der Waals surface area (Å²) in [6.07, 6.45) is -10.5. The van der Waals surface area contributed by atoms with E-state index in [2.05, 4.69) is 41.6 Å². The number of sulfone groups is 1. The molecule has 3 aromatic heterocycles. The predicted octanol–water partition coefficient (Wildman–Crippen LogP) is 6.91. The van der Waals surface area contributed by atoms with Gasteiger partial charge in [0.25, 0.3) is 5.92 Å². The summed E-state index contributed by atoms with van der Waals surface area (Å²) in [6.45, 7) is -4.93. The number of aliphatic carboxylic acids is 1. The number of nitrogens with zero attached hydrogens (tertiary/aromatic N) is 7. The number of carbonyl (C=O) groups is 4. The maximum Gasteiger partial charge on any atom is 0.472 e. The number of hydrogen-bond acceptors (Lipinski definition) is 14. The van der Waals surface area contributed by atoms with E-state index in [9.17, 15) is 80.8 Å². The van der Waals surface area contributed by atoms with E-state index in [4.69, 9.17) is 21.4 Å². The Hall–Kier alpha value is -7.35. The highest BCUT2D eigenvalue weighted by Crippen LogP contribution is 2.60. The zero-order chi connectivity index (χ0) is 63.3. The number of benzene rings is 2. The number of hydrogen-bond donors (Lipinski definition) is 5. The van der Waals surface area contributed by atoms with E-state index in [-0.39, 0.29) is 19.2 Å². The lowest BCUT2D eigenvalue weighted by molar-refractivity contribution is -0.143. The molecule has 0 radical (unpaired) electrons. The molecule has 0 spiro atoms. The maximum absolute atomic E-state index is 15.9. The molecular formula is C48H45ClF10N9O14PS2. The molecule has 85 heavy (non-hydrogen) atoms. The van der Waals surface area contributed by atoms with Crippen LogP contribution in [0.5, 0.6) is 0 Å². The van der Waals surface area contributed by atoms with Crippen LogP contribution in [0.1, 0.15) is 66.1 Å². The average molecular weight is 1290 g/mol. The summed E-state index contributed by atoms with van der Waals surface area (Å²) in [5.41, 5.74) is -6.99. The van der Waals surface area contributed by atoms with Crippen molar-refractivity contribution < 1.29 is 109 Å². The van der Waals surface area contributed by atoms with Gasteiger partial charge in [0.05, 0.1) is 46.3 Å². The molecule has 460 valence electrons. The van der Waals surface area contributed by atoms with E-state index in [1.807, 2.05) is 5.32 Å². The van der Waals surface area contributed by atoms with Crippen molar-refractivity contribution in [3.63, 3.8) is 0 Å². The number of phosphoric acid groups is 1. The smallest absolute Gasteiger partial charge is 0.472 e. The van der Waals surface area contributed by atoms with Gasteiger partial charge in [0.15, 0.2) is 21.3 Å². The number of phosphoric ester groups is 1. The molecule has 0 fully saturated rings. The van der Waals surface area contributed by atoms with Gasteiger partial charge in [0.1, 0.15) is 40.9 Å². The Balaban J connectivity index is 1.44. The van der Waals surface area contributed by atoms with Crippen LogP contribution in [-0.2, 0) is 74.9 Å². The Labute approximate surface area is 479 Å². The van der Waals surface area contributed by atoms with Gasteiger partial charge in [-0.1, -0.05) is 35.7 Å². The molecule has 5 aromatic rings. The van der Waals surface area contributed by atoms with Gasteiger partial charge >= 0.3 is 38.3 Å². The minimum atomic E-state index is -5.32. The SMILES string of the molecule is CC(C)(C#Cc1ccc(-c2ccc(Cl)c3c(N(C(=O)N(CCNC(=O)OCOP(=O)(O)O)CCC(=O)O)S(C)(=O)=O)nn(CC(F)(F)F)c23)c([C@H](Cc2cc(F)cc(F)c2)NC(=O)Cn2nc(C(F)(F)F)c3c2C(F)(F)[C@@H]2C=C[C@H]32)n1)S(C)(=O)=O. The molecule has 2 aliphatic carbocycles. The second-order valence-electron chi connectivity index (χ2n) is 19.5. The van der Waals surface area contributed by atoms with Gasteiger partial charge in [0.2, 0.25) is 22.7 Å². The molecule has 0 aliphatic heterocycles. The number of alkyl halides is 8. The van der Waals surface area contributed by atoms with Crippen LogP contribution in [0, 0.1) is 29.4 Å². The molecule has 23 nitrogen and oxygen atoms in total. The number of nitrogens with one attached hydrogen (secondary N) is 2. The van der Waals surface area contributed by atoms with E-state index in [0.717, 1.165) is 54.8 Å². The number of amides is 4. The summed E-state index contributed by atoms with van der Waals surface area (Å²) in [5, 5.41) is 19.7. The number of sulfonamides is 1. The molecule has 3 atom stereocenters. The molecule has 37 heteroatoms. The van der Waals surface area contributed by atoms with Crippen molar-refractivity contribution in [3.8, 4) is 23.0 Å². The maximum atomic E-state index is 15.9. The number of halogens is 11. The van der Waals surface area contributed by atoms with Crippen LogP contribution in [0.2, 0.25) is 5.02 Å². The van der Waals surface area contributed by atoms with Crippen LogP contribution in [0.4, 0.5) is 59.3 Å². The fraction of sp³-hybridized carbons (Fsp3) is 0.396. The second-order valence-corrected chi connectivity index (χ2v) is 25.6. The van der Waals surface area contributed by atoms with Crippen LogP contribution in [0.25, 0.3) is 22.0 Å². The van der Waals surface area contributed by atoms with E-state index in [1.165, 1.54) is 13.8 Å². The number of carboxylic acid groups (broad SMARTS) is 1. The van der Waals surface area contributed by atoms with E-state index < -0.39 is 218 Å². The number of allylic oxidation sites excluding steroid dienone is 2. The highest BCUT2D eigenvalue weighted by molar-refractivity contribution is 7.93. The van der Waals surface area contributed by atoms with Crippen LogP contribution >= 0.6 is 19.4 Å². The number of urea groups is 1. The van der Waals surface area contributed by atoms with E-state index in [0.29, 0.717) is 17.2 Å². The summed E-state index contributed by atoms with van der Waals surface area (Å²) in [6, 6.07) is 2.33. The first-order valence-corrected chi connectivity index (χ1v) is 29.8. The molecule has 5 N–H and O–H groups in total. The van der Waals surface area contributed by atoms with Gasteiger partial charge in [-0.15, -0.1) is 0 Å². The number of aromatic nitrogens is 5. The summed E-state index contributed by atoms with van der Waals surface area (Å²) in [4.78, 5) is 75.5. The van der Waals surface area contributed by atoms with Gasteiger partial charge in [-0.05, 0) is 62.1 Å². The topological polar surface area (TPSA) is 312 Å². The van der Waals surface area contributed by atoms with Gasteiger partial charge < -0.3 is 35.2 Å². The molecule has 3 heterocycles. The largest absolute Gasteiger partial charge is 0.481 e. The van der Waals surface area contributed by atoms with Crippen molar-refractivity contribution in [1.29, 1.82) is 0 Å². The average Bonchev–Trinajstić information content (AvgIpc) is 1.58. The van der Waals surface area contributed by atoms with Gasteiger partial charge in [0, 0.05) is 54.6 Å². The minimum Gasteiger partial charge on any atom is -0.481 e. The fourth-order valence-electron chi connectivity index (χ4n) is 8.93. The number of fused-ring (bicyclic) bond motifs is 4. The molecule has 4 amide bonds. The minimum absolute atomic E-state index is 0.118. The molecule has 0 saturated carbocycles. The standard InChI is InChI=1S/C48H45ClF10N9O14PS2/c1-45(2,84(3,77)78)13-11-27-5-6-28(38(61-27)33(19-24-17-25(50)20-26(51)18-24)62-34(69)21-66-41-36(40(63-66)48(57,58)59)30-7-9-31(30)47(41,55)56)29-8-10-32(49)37-39(29)67(22-46(52,53)54)64-42(37)68(85(4,79)80)44(73)65(15-12-35(70)71)16-14-60-43(72)81-23-82-83(74,75)76/h5-10,17-18,20,30-31,33H,12,14-16,19,21-23H2,1-4H3,(H,60,72)(H,62,69)(H,70,71)(H2,74,75,76)/t30-,31+,33-/m0/s1.